The van der Waals surface area contributed by atoms with Crippen molar-refractivity contribution >= 4 is 68.0 Å². The number of nitrogens with zero attached hydrogens (tertiary/aromatic N) is 6. The fraction of sp³-hybridized carbons (Fsp3) is 0.375. The Balaban J connectivity index is 1.14. The van der Waals surface area contributed by atoms with Crippen molar-refractivity contribution in [3.05, 3.63) is 94.5 Å². The largest absolute Gasteiger partial charge is 0.493 e. The van der Waals surface area contributed by atoms with Gasteiger partial charge in [-0.05, 0) is 84.0 Å². The summed E-state index contributed by atoms with van der Waals surface area (Å²) in [6, 6.07) is 23.3. The number of hydrogen-bond acceptors (Lipinski definition) is 13. The van der Waals surface area contributed by atoms with E-state index in [2.05, 4.69) is 70.4 Å². The second-order valence-electron chi connectivity index (χ2n) is 16.7. The van der Waals surface area contributed by atoms with Gasteiger partial charge in [0.1, 0.15) is 24.3 Å². The average molecular weight is 892 g/mol. The highest BCUT2D eigenvalue weighted by Gasteiger charge is 2.26. The van der Waals surface area contributed by atoms with Gasteiger partial charge in [0.2, 0.25) is 0 Å². The van der Waals surface area contributed by atoms with Gasteiger partial charge in [-0.15, -0.1) is 0 Å². The predicted octanol–water partition coefficient (Wildman–Crippen LogP) is 11.6. The molecule has 0 aliphatic heterocycles. The third-order valence-corrected chi connectivity index (χ3v) is 10.7. The molecule has 2 heterocycles. The monoisotopic (exact) mass is 890 g/mol. The van der Waals surface area contributed by atoms with Gasteiger partial charge >= 0.3 is 0 Å². The van der Waals surface area contributed by atoms with Crippen molar-refractivity contribution in [3.8, 4) is 35.1 Å². The summed E-state index contributed by atoms with van der Waals surface area (Å²) < 4.78 is 29.7. The molecule has 0 saturated heterocycles. The highest BCUT2D eigenvalue weighted by Crippen LogP contribution is 2.39. The molecule has 0 atom stereocenters. The molecule has 63 heavy (non-hydrogen) atoms. The lowest BCUT2D eigenvalue weighted by Crippen LogP contribution is -2.28. The number of ether oxygens (including phenoxy) is 5. The zero-order valence-electron chi connectivity index (χ0n) is 36.5. The van der Waals surface area contributed by atoms with E-state index in [0.717, 1.165) is 33.3 Å². The summed E-state index contributed by atoms with van der Waals surface area (Å²) in [5, 5.41) is 27.6. The fourth-order valence-corrected chi connectivity index (χ4v) is 7.51. The topological polar surface area (TPSA) is 169 Å². The maximum atomic E-state index is 8.95. The Bertz CT molecular complexity index is 2450. The summed E-state index contributed by atoms with van der Waals surface area (Å²) in [6.45, 7) is 10.5. The maximum absolute atomic E-state index is 8.95. The molecule has 0 bridgehead atoms. The highest BCUT2D eigenvalue weighted by atomic mass is 35.5. The SMILES string of the molecule is COc1cc2ncnc(Nc3cc(Cl)ccc3CC(C)(C)COCC(C)(C)Cc3ccc(Cl)cc3Nc3ncnc4cc(OC)c(OCCCC#N)cc34)c2cc1OCCCC#N. The molecular formula is C48H52Cl2N8O5. The highest BCUT2D eigenvalue weighted by molar-refractivity contribution is 6.31. The summed E-state index contributed by atoms with van der Waals surface area (Å²) >= 11 is 13.1. The van der Waals surface area contributed by atoms with Crippen LogP contribution in [0.15, 0.2) is 73.3 Å². The number of methoxy groups -OCH3 is 2. The van der Waals surface area contributed by atoms with Gasteiger partial charge in [0.25, 0.3) is 0 Å². The van der Waals surface area contributed by atoms with Crippen LogP contribution in [0.25, 0.3) is 21.8 Å². The number of halogens is 2. The molecule has 0 spiro atoms. The number of fused-ring (bicyclic) bond motifs is 2. The number of anilines is 4. The first-order chi connectivity index (χ1) is 30.3. The van der Waals surface area contributed by atoms with E-state index in [0.29, 0.717) is 121 Å². The molecule has 0 amide bonds. The molecule has 6 aromatic rings. The summed E-state index contributed by atoms with van der Waals surface area (Å²) in [5.41, 5.74) is 4.59. The van der Waals surface area contributed by atoms with Gasteiger partial charge in [0.15, 0.2) is 23.0 Å². The van der Waals surface area contributed by atoms with Crippen molar-refractivity contribution < 1.29 is 23.7 Å². The van der Waals surface area contributed by atoms with E-state index in [9.17, 15) is 0 Å². The summed E-state index contributed by atoms with van der Waals surface area (Å²) in [5.74, 6) is 3.37. The maximum Gasteiger partial charge on any atom is 0.162 e. The number of nitriles is 2. The van der Waals surface area contributed by atoms with E-state index in [1.54, 1.807) is 14.2 Å². The van der Waals surface area contributed by atoms with Gasteiger partial charge < -0.3 is 34.3 Å². The first kappa shape index (κ1) is 46.4. The number of hydrogen-bond donors (Lipinski definition) is 2. The standard InChI is InChI=1S/C48H52Cl2N8O5/c1-47(2,25-31-11-13-33(49)19-37(31)57-45-35-21-43(62-17-9-7-15-51)41(59-5)23-39(35)53-29-55-45)27-61-28-48(3,4)26-32-12-14-34(50)20-38(32)58-46-36-22-44(63-18-10-8-16-52)42(60-6)24-40(36)54-30-56-46/h11-14,19-24,29-30H,7-10,17-18,25-28H2,1-6H3,(H,53,55,57)(H,54,56,58). The number of rotatable bonds is 22. The minimum atomic E-state index is -0.256. The molecule has 0 aliphatic carbocycles. The van der Waals surface area contributed by atoms with Crippen LogP contribution >= 0.6 is 23.2 Å². The first-order valence-electron chi connectivity index (χ1n) is 20.7. The predicted molar refractivity (Wildman–Crippen MR) is 248 cm³/mol. The lowest BCUT2D eigenvalue weighted by molar-refractivity contribution is 0.0155. The molecule has 13 nitrogen and oxygen atoms in total. The number of unbranched alkanes of at least 4 members (excludes halogenated alkanes) is 2. The van der Waals surface area contributed by atoms with Crippen LogP contribution < -0.4 is 29.6 Å². The summed E-state index contributed by atoms with van der Waals surface area (Å²) in [4.78, 5) is 18.1. The van der Waals surface area contributed by atoms with E-state index >= 15 is 0 Å². The second-order valence-corrected chi connectivity index (χ2v) is 17.6. The third kappa shape index (κ3) is 12.5. The molecule has 328 valence electrons. The van der Waals surface area contributed by atoms with Crippen LogP contribution in [0.3, 0.4) is 0 Å². The molecule has 6 rings (SSSR count). The lowest BCUT2D eigenvalue weighted by atomic mass is 9.84. The van der Waals surface area contributed by atoms with Crippen molar-refractivity contribution in [2.24, 2.45) is 10.8 Å². The fourth-order valence-electron chi connectivity index (χ4n) is 7.17. The molecule has 15 heteroatoms. The van der Waals surface area contributed by atoms with Crippen LogP contribution in [0.4, 0.5) is 23.0 Å². The first-order valence-corrected chi connectivity index (χ1v) is 21.4. The zero-order chi connectivity index (χ0) is 45.0. The molecular weight excluding hydrogens is 839 g/mol. The van der Waals surface area contributed by atoms with Crippen LogP contribution in [0.5, 0.6) is 23.0 Å². The van der Waals surface area contributed by atoms with Crippen molar-refractivity contribution in [3.63, 3.8) is 0 Å². The minimum Gasteiger partial charge on any atom is -0.493 e. The van der Waals surface area contributed by atoms with Crippen LogP contribution in [0, 0.1) is 33.5 Å². The van der Waals surface area contributed by atoms with Crippen LogP contribution in [-0.4, -0.2) is 60.6 Å². The number of aromatic nitrogens is 4. The van der Waals surface area contributed by atoms with Crippen molar-refractivity contribution in [1.29, 1.82) is 10.5 Å². The molecule has 0 saturated carbocycles. The third-order valence-electron chi connectivity index (χ3n) is 10.2. The molecule has 2 N–H and O–H groups in total. The van der Waals surface area contributed by atoms with Crippen LogP contribution in [0.2, 0.25) is 10.0 Å². The van der Waals surface area contributed by atoms with E-state index < -0.39 is 0 Å². The molecule has 4 aromatic carbocycles. The van der Waals surface area contributed by atoms with Crippen molar-refractivity contribution in [2.75, 3.05) is 51.3 Å². The van der Waals surface area contributed by atoms with Crippen LogP contribution in [0.1, 0.15) is 64.5 Å². The van der Waals surface area contributed by atoms with E-state index in [-0.39, 0.29) is 10.8 Å². The smallest absolute Gasteiger partial charge is 0.162 e. The minimum absolute atomic E-state index is 0.256. The lowest BCUT2D eigenvalue weighted by Gasteiger charge is -2.30. The van der Waals surface area contributed by atoms with Gasteiger partial charge in [0, 0.05) is 57.2 Å². The summed E-state index contributed by atoms with van der Waals surface area (Å²) in [7, 11) is 3.17. The second kappa shape index (κ2) is 21.3. The molecule has 0 radical (unpaired) electrons. The van der Waals surface area contributed by atoms with Gasteiger partial charge in [-0.25, -0.2) is 19.9 Å². The van der Waals surface area contributed by atoms with Crippen LogP contribution in [-0.2, 0) is 17.6 Å². The van der Waals surface area contributed by atoms with E-state index in [1.165, 1.54) is 12.7 Å². The van der Waals surface area contributed by atoms with Crippen molar-refractivity contribution in [1.82, 2.24) is 19.9 Å². The Morgan fingerprint density at radius 1 is 0.587 bits per heavy atom. The normalized spacial score (nSPS) is 11.5. The quantitative estimate of drug-likeness (QED) is 0.0618. The average Bonchev–Trinajstić information content (AvgIpc) is 3.25. The Labute approximate surface area is 378 Å². The van der Waals surface area contributed by atoms with Gasteiger partial charge in [-0.3, -0.25) is 0 Å². The Morgan fingerprint density at radius 2 is 1.02 bits per heavy atom. The van der Waals surface area contributed by atoms with E-state index in [4.69, 9.17) is 57.4 Å². The van der Waals surface area contributed by atoms with Gasteiger partial charge in [0.05, 0.1) is 63.8 Å². The zero-order valence-corrected chi connectivity index (χ0v) is 38.0. The molecule has 0 fully saturated rings. The molecule has 0 aliphatic rings. The van der Waals surface area contributed by atoms with E-state index in [1.807, 2.05) is 60.7 Å². The van der Waals surface area contributed by atoms with Crippen molar-refractivity contribution in [2.45, 2.75) is 66.2 Å². The molecule has 2 aromatic heterocycles. The number of nitrogens with one attached hydrogen (secondary N) is 2. The Hall–Kier alpha value is -6.12. The summed E-state index contributed by atoms with van der Waals surface area (Å²) in [6.07, 6.45) is 6.39. The van der Waals surface area contributed by atoms with Gasteiger partial charge in [-0.2, -0.15) is 10.5 Å². The Kier molecular flexibility index (Phi) is 15.7. The van der Waals surface area contributed by atoms with Gasteiger partial charge in [-0.1, -0.05) is 63.0 Å². The Morgan fingerprint density at radius 3 is 1.41 bits per heavy atom. The number of benzene rings is 4. The molecule has 0 unspecified atom stereocenters.